The predicted molar refractivity (Wildman–Crippen MR) is 84.9 cm³/mol. The number of carbonyl (C=O) groups excluding carboxylic acids is 2. The number of amides is 2. The molecular formula is C16H9ClN2O4. The quantitative estimate of drug-likeness (QED) is 0.397. The molecule has 1 N–H and O–H groups in total. The molecule has 114 valence electrons. The third kappa shape index (κ3) is 2.72. The summed E-state index contributed by atoms with van der Waals surface area (Å²) < 4.78 is 0. The van der Waals surface area contributed by atoms with Crippen molar-refractivity contribution in [1.82, 2.24) is 5.32 Å². The molecule has 0 aromatic heterocycles. The number of nitrogens with one attached hydrogen (secondary N) is 1. The summed E-state index contributed by atoms with van der Waals surface area (Å²) in [6.07, 6.45) is 1.49. The van der Waals surface area contributed by atoms with Crippen LogP contribution in [0.4, 0.5) is 5.69 Å². The van der Waals surface area contributed by atoms with E-state index in [9.17, 15) is 19.7 Å². The number of halogens is 1. The number of imide groups is 1. The van der Waals surface area contributed by atoms with E-state index in [1.807, 2.05) is 0 Å². The fourth-order valence-electron chi connectivity index (χ4n) is 2.35. The maximum atomic E-state index is 12.1. The van der Waals surface area contributed by atoms with Crippen LogP contribution in [-0.4, -0.2) is 16.7 Å². The van der Waals surface area contributed by atoms with Crippen LogP contribution in [0.25, 0.3) is 11.6 Å². The van der Waals surface area contributed by atoms with E-state index in [2.05, 4.69) is 5.32 Å². The lowest BCUT2D eigenvalue weighted by Crippen LogP contribution is -2.36. The lowest BCUT2D eigenvalue weighted by Gasteiger charge is -2.18. The average Bonchev–Trinajstić information content (AvgIpc) is 2.52. The van der Waals surface area contributed by atoms with Gasteiger partial charge in [0, 0.05) is 17.2 Å². The Balaban J connectivity index is 2.14. The van der Waals surface area contributed by atoms with Gasteiger partial charge in [-0.1, -0.05) is 35.9 Å². The number of carbonyl (C=O) groups is 2. The summed E-state index contributed by atoms with van der Waals surface area (Å²) in [4.78, 5) is 34.3. The standard InChI is InChI=1S/C16H9ClN2O4/c17-13-6-5-9(8-14(13)19(22)23)7-12-10-3-1-2-4-11(10)15(20)18-16(12)21/h1-8H,(H,18,20,21)/b12-7-. The van der Waals surface area contributed by atoms with Gasteiger partial charge in [0.2, 0.25) is 0 Å². The van der Waals surface area contributed by atoms with E-state index in [1.165, 1.54) is 18.2 Å². The van der Waals surface area contributed by atoms with Crippen LogP contribution >= 0.6 is 11.6 Å². The van der Waals surface area contributed by atoms with Crippen LogP contribution in [0.3, 0.4) is 0 Å². The van der Waals surface area contributed by atoms with Crippen LogP contribution in [0.5, 0.6) is 0 Å². The molecule has 7 heteroatoms. The topological polar surface area (TPSA) is 89.3 Å². The highest BCUT2D eigenvalue weighted by atomic mass is 35.5. The molecule has 1 heterocycles. The van der Waals surface area contributed by atoms with E-state index in [1.54, 1.807) is 30.3 Å². The molecule has 1 aliphatic rings. The molecule has 2 aromatic carbocycles. The van der Waals surface area contributed by atoms with Crippen molar-refractivity contribution in [3.05, 3.63) is 74.3 Å². The first kappa shape index (κ1) is 14.9. The molecule has 23 heavy (non-hydrogen) atoms. The smallest absolute Gasteiger partial charge is 0.288 e. The first-order valence-electron chi connectivity index (χ1n) is 6.58. The monoisotopic (exact) mass is 328 g/mol. The minimum Gasteiger partial charge on any atom is -0.288 e. The van der Waals surface area contributed by atoms with E-state index in [4.69, 9.17) is 11.6 Å². The van der Waals surface area contributed by atoms with Gasteiger partial charge in [-0.25, -0.2) is 0 Å². The van der Waals surface area contributed by atoms with Gasteiger partial charge in [0.05, 0.1) is 4.92 Å². The molecule has 0 saturated heterocycles. The molecule has 0 bridgehead atoms. The third-order valence-corrected chi connectivity index (χ3v) is 3.73. The molecule has 0 spiro atoms. The lowest BCUT2D eigenvalue weighted by molar-refractivity contribution is -0.384. The zero-order chi connectivity index (χ0) is 16.6. The highest BCUT2D eigenvalue weighted by molar-refractivity contribution is 6.34. The maximum Gasteiger partial charge on any atom is 0.288 e. The van der Waals surface area contributed by atoms with Crippen LogP contribution in [0, 0.1) is 10.1 Å². The predicted octanol–water partition coefficient (Wildman–Crippen LogP) is 3.06. The van der Waals surface area contributed by atoms with Crippen LogP contribution in [-0.2, 0) is 4.79 Å². The normalized spacial score (nSPS) is 15.3. The number of nitro benzene ring substituents is 1. The molecule has 6 nitrogen and oxygen atoms in total. The van der Waals surface area contributed by atoms with Crippen molar-refractivity contribution in [3.63, 3.8) is 0 Å². The summed E-state index contributed by atoms with van der Waals surface area (Å²) in [6, 6.07) is 10.9. The second-order valence-electron chi connectivity index (χ2n) is 4.85. The minimum atomic E-state index is -0.594. The average molecular weight is 329 g/mol. The Bertz CT molecular complexity index is 889. The van der Waals surface area contributed by atoms with Crippen molar-refractivity contribution in [3.8, 4) is 0 Å². The van der Waals surface area contributed by atoms with Gasteiger partial charge in [-0.05, 0) is 29.3 Å². The van der Waals surface area contributed by atoms with Crippen molar-refractivity contribution < 1.29 is 14.5 Å². The van der Waals surface area contributed by atoms with Crippen molar-refractivity contribution in [2.45, 2.75) is 0 Å². The molecule has 0 radical (unpaired) electrons. The van der Waals surface area contributed by atoms with Gasteiger partial charge >= 0.3 is 0 Å². The Morgan fingerprint density at radius 2 is 1.74 bits per heavy atom. The number of benzene rings is 2. The molecule has 0 aliphatic carbocycles. The summed E-state index contributed by atoms with van der Waals surface area (Å²) in [6.45, 7) is 0. The summed E-state index contributed by atoms with van der Waals surface area (Å²) in [5.74, 6) is -1.02. The Hall–Kier alpha value is -2.99. The Kier molecular flexibility index (Phi) is 3.67. The highest BCUT2D eigenvalue weighted by Gasteiger charge is 2.26. The number of rotatable bonds is 2. The zero-order valence-electron chi connectivity index (χ0n) is 11.6. The van der Waals surface area contributed by atoms with Gasteiger partial charge in [-0.15, -0.1) is 0 Å². The second kappa shape index (κ2) is 5.66. The number of hydrogen-bond donors (Lipinski definition) is 1. The number of nitrogens with zero attached hydrogens (tertiary/aromatic N) is 1. The fourth-order valence-corrected chi connectivity index (χ4v) is 2.53. The van der Waals surface area contributed by atoms with Gasteiger partial charge in [0.1, 0.15) is 5.02 Å². The van der Waals surface area contributed by atoms with Crippen LogP contribution < -0.4 is 5.32 Å². The van der Waals surface area contributed by atoms with Gasteiger partial charge in [-0.3, -0.25) is 25.0 Å². The summed E-state index contributed by atoms with van der Waals surface area (Å²) in [5, 5.41) is 13.2. The van der Waals surface area contributed by atoms with Gasteiger partial charge in [0.25, 0.3) is 17.5 Å². The van der Waals surface area contributed by atoms with Crippen molar-refractivity contribution in [1.29, 1.82) is 0 Å². The fraction of sp³-hybridized carbons (Fsp3) is 0. The van der Waals surface area contributed by atoms with Gasteiger partial charge in [0.15, 0.2) is 0 Å². The Morgan fingerprint density at radius 1 is 1.04 bits per heavy atom. The SMILES string of the molecule is O=C1NC(=O)c2ccccc2/C1=C/c1ccc(Cl)c([N+](=O)[O-])c1. The molecule has 0 atom stereocenters. The van der Waals surface area contributed by atoms with Crippen molar-refractivity contribution in [2.24, 2.45) is 0 Å². The lowest BCUT2D eigenvalue weighted by atomic mass is 9.93. The van der Waals surface area contributed by atoms with Crippen LogP contribution in [0.1, 0.15) is 21.5 Å². The van der Waals surface area contributed by atoms with E-state index in [-0.39, 0.29) is 16.3 Å². The van der Waals surface area contributed by atoms with Crippen molar-refractivity contribution >= 4 is 40.8 Å². The van der Waals surface area contributed by atoms with Gasteiger partial charge in [-0.2, -0.15) is 0 Å². The first-order valence-corrected chi connectivity index (χ1v) is 6.96. The number of fused-ring (bicyclic) bond motifs is 1. The first-order chi connectivity index (χ1) is 11.0. The van der Waals surface area contributed by atoms with Gasteiger partial charge < -0.3 is 0 Å². The summed E-state index contributed by atoms with van der Waals surface area (Å²) >= 11 is 5.78. The molecule has 0 fully saturated rings. The Morgan fingerprint density at radius 3 is 2.43 bits per heavy atom. The third-order valence-electron chi connectivity index (χ3n) is 3.41. The second-order valence-corrected chi connectivity index (χ2v) is 5.26. The van der Waals surface area contributed by atoms with Crippen molar-refractivity contribution in [2.75, 3.05) is 0 Å². The molecule has 1 aliphatic heterocycles. The molecule has 2 aromatic rings. The number of nitro groups is 1. The zero-order valence-corrected chi connectivity index (χ0v) is 12.3. The molecule has 0 saturated carbocycles. The summed E-state index contributed by atoms with van der Waals surface area (Å²) in [7, 11) is 0. The van der Waals surface area contributed by atoms with E-state index >= 15 is 0 Å². The van der Waals surface area contributed by atoms with E-state index in [0.29, 0.717) is 16.7 Å². The highest BCUT2D eigenvalue weighted by Crippen LogP contribution is 2.29. The van der Waals surface area contributed by atoms with E-state index in [0.717, 1.165) is 0 Å². The molecule has 0 unspecified atom stereocenters. The van der Waals surface area contributed by atoms with E-state index < -0.39 is 16.7 Å². The molecule has 2 amide bonds. The molecular weight excluding hydrogens is 320 g/mol. The van der Waals surface area contributed by atoms with Crippen LogP contribution in [0.2, 0.25) is 5.02 Å². The molecule has 3 rings (SSSR count). The largest absolute Gasteiger partial charge is 0.288 e. The van der Waals surface area contributed by atoms with Crippen LogP contribution in [0.15, 0.2) is 42.5 Å². The minimum absolute atomic E-state index is 0.0147. The number of hydrogen-bond acceptors (Lipinski definition) is 4. The summed E-state index contributed by atoms with van der Waals surface area (Å²) in [5.41, 5.74) is 1.31. The maximum absolute atomic E-state index is 12.1. The Labute approximate surface area is 135 Å².